The molecule has 0 unspecified atom stereocenters. The van der Waals surface area contributed by atoms with Gasteiger partial charge in [0.2, 0.25) is 0 Å². The molecule has 2 rings (SSSR count). The van der Waals surface area contributed by atoms with Crippen LogP contribution in [0.5, 0.6) is 5.75 Å². The fraction of sp³-hybridized carbons (Fsp3) is 0.294. The van der Waals surface area contributed by atoms with Gasteiger partial charge in [0.25, 0.3) is 5.91 Å². The van der Waals surface area contributed by atoms with Gasteiger partial charge >= 0.3 is 0 Å². The van der Waals surface area contributed by atoms with Crippen molar-refractivity contribution >= 4 is 5.91 Å². The lowest BCUT2D eigenvalue weighted by Crippen LogP contribution is -2.23. The van der Waals surface area contributed by atoms with Crippen LogP contribution in [0.1, 0.15) is 34.0 Å². The van der Waals surface area contributed by atoms with E-state index >= 15 is 0 Å². The Morgan fingerprint density at radius 2 is 2.00 bits per heavy atom. The number of pyridine rings is 1. The van der Waals surface area contributed by atoms with Gasteiger partial charge in [0.05, 0.1) is 6.61 Å². The van der Waals surface area contributed by atoms with Crippen LogP contribution in [-0.2, 0) is 11.4 Å². The summed E-state index contributed by atoms with van der Waals surface area (Å²) in [6.07, 6.45) is 3.50. The number of hydrogen-bond donors (Lipinski definition) is 1. The van der Waals surface area contributed by atoms with Gasteiger partial charge in [-0.15, -0.1) is 0 Å². The first kappa shape index (κ1) is 16.0. The van der Waals surface area contributed by atoms with Crippen LogP contribution in [0.4, 0.5) is 0 Å². The number of carbonyl (C=O) groups excluding carboxylic acids is 1. The zero-order chi connectivity index (χ0) is 15.9. The first-order chi connectivity index (χ1) is 10.6. The summed E-state index contributed by atoms with van der Waals surface area (Å²) in [7, 11) is 0. The van der Waals surface area contributed by atoms with Crippen LogP contribution in [0.3, 0.4) is 0 Å². The summed E-state index contributed by atoms with van der Waals surface area (Å²) >= 11 is 0. The smallest absolute Gasteiger partial charge is 0.274 e. The minimum atomic E-state index is -0.258. The second-order valence-electron chi connectivity index (χ2n) is 4.95. The highest BCUT2D eigenvalue weighted by molar-refractivity contribution is 5.94. The molecule has 5 nitrogen and oxygen atoms in total. The predicted octanol–water partition coefficient (Wildman–Crippen LogP) is 2.96. The third-order valence-corrected chi connectivity index (χ3v) is 3.14. The molecule has 0 saturated heterocycles. The Morgan fingerprint density at radius 1 is 1.27 bits per heavy atom. The topological polar surface area (TPSA) is 60.5 Å². The number of aromatic nitrogens is 1. The number of hydroxylamine groups is 1. The largest absolute Gasteiger partial charge is 0.488 e. The summed E-state index contributed by atoms with van der Waals surface area (Å²) in [5, 5.41) is 0. The lowest BCUT2D eigenvalue weighted by Gasteiger charge is -2.14. The number of amides is 1. The van der Waals surface area contributed by atoms with Crippen LogP contribution in [0.2, 0.25) is 0 Å². The molecule has 0 aliphatic heterocycles. The zero-order valence-corrected chi connectivity index (χ0v) is 13.1. The standard InChI is InChI=1S/C17H20N2O3/c1-4-22-19-17(20)15-8-12(2)16(13(3)9-15)21-11-14-6-5-7-18-10-14/h5-10H,4,11H2,1-3H3,(H,19,20). The molecule has 22 heavy (non-hydrogen) atoms. The van der Waals surface area contributed by atoms with Crippen LogP contribution in [0.15, 0.2) is 36.7 Å². The van der Waals surface area contributed by atoms with Gasteiger partial charge in [-0.2, -0.15) is 0 Å². The number of carbonyl (C=O) groups is 1. The van der Waals surface area contributed by atoms with E-state index in [0.717, 1.165) is 22.4 Å². The van der Waals surface area contributed by atoms with Crippen molar-refractivity contribution in [3.05, 3.63) is 58.9 Å². The second kappa shape index (κ2) is 7.56. The van der Waals surface area contributed by atoms with E-state index in [1.165, 1.54) is 0 Å². The molecular formula is C17H20N2O3. The molecule has 0 bridgehead atoms. The summed E-state index contributed by atoms with van der Waals surface area (Å²) in [5.74, 6) is 0.531. The van der Waals surface area contributed by atoms with Crippen LogP contribution in [0, 0.1) is 13.8 Å². The Labute approximate surface area is 130 Å². The lowest BCUT2D eigenvalue weighted by molar-refractivity contribution is 0.0364. The highest BCUT2D eigenvalue weighted by Crippen LogP contribution is 2.25. The van der Waals surface area contributed by atoms with Crippen molar-refractivity contribution in [3.63, 3.8) is 0 Å². The molecule has 1 aromatic carbocycles. The van der Waals surface area contributed by atoms with Gasteiger partial charge in [0, 0.05) is 23.5 Å². The number of benzene rings is 1. The highest BCUT2D eigenvalue weighted by Gasteiger charge is 2.12. The minimum absolute atomic E-state index is 0.258. The van der Waals surface area contributed by atoms with E-state index in [1.807, 2.05) is 32.9 Å². The van der Waals surface area contributed by atoms with Crippen molar-refractivity contribution < 1.29 is 14.4 Å². The van der Waals surface area contributed by atoms with E-state index < -0.39 is 0 Å². The number of nitrogens with zero attached hydrogens (tertiary/aromatic N) is 1. The minimum Gasteiger partial charge on any atom is -0.488 e. The molecule has 1 aromatic heterocycles. The molecule has 0 aliphatic rings. The number of rotatable bonds is 6. The maximum atomic E-state index is 11.9. The van der Waals surface area contributed by atoms with Gasteiger partial charge in [-0.25, -0.2) is 5.48 Å². The van der Waals surface area contributed by atoms with Crippen molar-refractivity contribution in [2.75, 3.05) is 6.61 Å². The fourth-order valence-corrected chi connectivity index (χ4v) is 2.14. The molecule has 0 aliphatic carbocycles. The van der Waals surface area contributed by atoms with E-state index in [2.05, 4.69) is 10.5 Å². The van der Waals surface area contributed by atoms with E-state index in [4.69, 9.17) is 9.57 Å². The van der Waals surface area contributed by atoms with Crippen molar-refractivity contribution in [3.8, 4) is 5.75 Å². The van der Waals surface area contributed by atoms with Gasteiger partial charge in [0.1, 0.15) is 12.4 Å². The molecular weight excluding hydrogens is 280 g/mol. The first-order valence-electron chi connectivity index (χ1n) is 7.17. The van der Waals surface area contributed by atoms with Gasteiger partial charge in [-0.05, 0) is 50.1 Å². The van der Waals surface area contributed by atoms with Gasteiger partial charge < -0.3 is 4.74 Å². The quantitative estimate of drug-likeness (QED) is 0.833. The molecule has 116 valence electrons. The summed E-state index contributed by atoms with van der Waals surface area (Å²) < 4.78 is 5.87. The van der Waals surface area contributed by atoms with Crippen molar-refractivity contribution in [1.82, 2.24) is 10.5 Å². The average molecular weight is 300 g/mol. The molecule has 2 aromatic rings. The molecule has 0 saturated carbocycles. The van der Waals surface area contributed by atoms with Gasteiger partial charge in [-0.1, -0.05) is 6.07 Å². The predicted molar refractivity (Wildman–Crippen MR) is 83.6 cm³/mol. The molecule has 0 fully saturated rings. The van der Waals surface area contributed by atoms with Gasteiger partial charge in [-0.3, -0.25) is 14.6 Å². The number of nitrogens with one attached hydrogen (secondary N) is 1. The Hall–Kier alpha value is -2.40. The van der Waals surface area contributed by atoms with Crippen LogP contribution >= 0.6 is 0 Å². The molecule has 1 amide bonds. The lowest BCUT2D eigenvalue weighted by atomic mass is 10.1. The van der Waals surface area contributed by atoms with Crippen LogP contribution in [0.25, 0.3) is 0 Å². The number of ether oxygens (including phenoxy) is 1. The fourth-order valence-electron chi connectivity index (χ4n) is 2.14. The average Bonchev–Trinajstić information content (AvgIpc) is 2.52. The first-order valence-corrected chi connectivity index (χ1v) is 7.17. The van der Waals surface area contributed by atoms with Crippen molar-refractivity contribution in [2.24, 2.45) is 0 Å². The molecule has 5 heteroatoms. The molecule has 0 spiro atoms. The van der Waals surface area contributed by atoms with Crippen LogP contribution in [-0.4, -0.2) is 17.5 Å². The molecule has 0 atom stereocenters. The van der Waals surface area contributed by atoms with E-state index in [9.17, 15) is 4.79 Å². The maximum Gasteiger partial charge on any atom is 0.274 e. The van der Waals surface area contributed by atoms with E-state index in [-0.39, 0.29) is 5.91 Å². The van der Waals surface area contributed by atoms with E-state index in [0.29, 0.717) is 18.8 Å². The Bertz CT molecular complexity index is 619. The summed E-state index contributed by atoms with van der Waals surface area (Å²) in [6, 6.07) is 7.42. The van der Waals surface area contributed by atoms with E-state index in [1.54, 1.807) is 24.5 Å². The maximum absolute atomic E-state index is 11.9. The molecule has 0 radical (unpaired) electrons. The summed E-state index contributed by atoms with van der Waals surface area (Å²) in [4.78, 5) is 20.9. The SMILES string of the molecule is CCONC(=O)c1cc(C)c(OCc2cccnc2)c(C)c1. The summed E-state index contributed by atoms with van der Waals surface area (Å²) in [6.45, 7) is 6.52. The summed E-state index contributed by atoms with van der Waals surface area (Å²) in [5.41, 5.74) is 5.76. The Balaban J connectivity index is 2.11. The molecule has 1 heterocycles. The molecule has 1 N–H and O–H groups in total. The highest BCUT2D eigenvalue weighted by atomic mass is 16.6. The monoisotopic (exact) mass is 300 g/mol. The zero-order valence-electron chi connectivity index (χ0n) is 13.1. The second-order valence-corrected chi connectivity index (χ2v) is 4.95. The van der Waals surface area contributed by atoms with Crippen LogP contribution < -0.4 is 10.2 Å². The normalized spacial score (nSPS) is 10.3. The Morgan fingerprint density at radius 3 is 2.59 bits per heavy atom. The third kappa shape index (κ3) is 4.05. The number of aryl methyl sites for hydroxylation is 2. The van der Waals surface area contributed by atoms with Gasteiger partial charge in [0.15, 0.2) is 0 Å². The van der Waals surface area contributed by atoms with Crippen molar-refractivity contribution in [2.45, 2.75) is 27.4 Å². The third-order valence-electron chi connectivity index (χ3n) is 3.14. The number of hydrogen-bond acceptors (Lipinski definition) is 4. The Kier molecular flexibility index (Phi) is 5.49. The van der Waals surface area contributed by atoms with Crippen molar-refractivity contribution in [1.29, 1.82) is 0 Å².